The summed E-state index contributed by atoms with van der Waals surface area (Å²) in [6, 6.07) is 1.51. The van der Waals surface area contributed by atoms with Crippen LogP contribution in [0.3, 0.4) is 0 Å². The molecule has 2 N–H and O–H groups in total. The van der Waals surface area contributed by atoms with E-state index in [0.717, 1.165) is 0 Å². The Morgan fingerprint density at radius 3 is 2.38 bits per heavy atom. The average Bonchev–Trinajstić information content (AvgIpc) is 2.61. The van der Waals surface area contributed by atoms with Crippen molar-refractivity contribution in [2.24, 2.45) is 0 Å². The Hall–Kier alpha value is -1.70. The zero-order valence-corrected chi connectivity index (χ0v) is 8.51. The number of nitrogens with zero attached hydrogens (tertiary/aromatic N) is 3. The zero-order valence-electron chi connectivity index (χ0n) is 7.69. The number of hydrogen-bond donors (Lipinski definition) is 1. The summed E-state index contributed by atoms with van der Waals surface area (Å²) in [5, 5.41) is -0.158. The highest BCUT2D eigenvalue weighted by molar-refractivity contribution is 7.15. The van der Waals surface area contributed by atoms with E-state index in [9.17, 15) is 13.2 Å². The maximum Gasteiger partial charge on any atom is 0.427 e. The van der Waals surface area contributed by atoms with Crippen molar-refractivity contribution in [3.05, 3.63) is 23.3 Å². The predicted molar refractivity (Wildman–Crippen MR) is 52.6 cm³/mol. The van der Waals surface area contributed by atoms with Gasteiger partial charge in [-0.25, -0.2) is 15.0 Å². The molecule has 0 aliphatic heterocycles. The fourth-order valence-electron chi connectivity index (χ4n) is 1.10. The predicted octanol–water partition coefficient (Wildman–Crippen LogP) is 2.20. The van der Waals surface area contributed by atoms with Crippen molar-refractivity contribution in [2.45, 2.75) is 6.18 Å². The molecule has 0 aliphatic carbocycles. The van der Waals surface area contributed by atoms with Gasteiger partial charge in [-0.15, -0.1) is 0 Å². The molecule has 0 bridgehead atoms. The minimum atomic E-state index is -4.50. The second-order valence-electron chi connectivity index (χ2n) is 2.80. The summed E-state index contributed by atoms with van der Waals surface area (Å²) >= 11 is 0.378. The Morgan fingerprint density at radius 1 is 1.19 bits per heavy atom. The monoisotopic (exact) mass is 246 g/mol. The lowest BCUT2D eigenvalue weighted by Crippen LogP contribution is -2.05. The lowest BCUT2D eigenvalue weighted by molar-refractivity contribution is -0.134. The fourth-order valence-corrected chi connectivity index (χ4v) is 1.80. The number of nitrogens with two attached hydrogens (primary N) is 1. The Balaban J connectivity index is 2.58. The number of thiazole rings is 1. The molecule has 0 fully saturated rings. The maximum absolute atomic E-state index is 12.6. The molecule has 8 heteroatoms. The average molecular weight is 246 g/mol. The first-order chi connectivity index (χ1) is 7.48. The van der Waals surface area contributed by atoms with Crippen LogP contribution in [-0.2, 0) is 6.18 Å². The van der Waals surface area contributed by atoms with Crippen molar-refractivity contribution in [2.75, 3.05) is 5.73 Å². The van der Waals surface area contributed by atoms with Gasteiger partial charge in [-0.05, 0) is 6.07 Å². The Labute approximate surface area is 92.0 Å². The molecule has 4 nitrogen and oxygen atoms in total. The van der Waals surface area contributed by atoms with E-state index in [1.165, 1.54) is 18.5 Å². The first-order valence-corrected chi connectivity index (χ1v) is 4.91. The maximum atomic E-state index is 12.6. The number of anilines is 1. The molecule has 84 valence electrons. The smallest absolute Gasteiger partial charge is 0.375 e. The minimum absolute atomic E-state index is 0.0808. The Bertz CT molecular complexity index is 494. The van der Waals surface area contributed by atoms with E-state index < -0.39 is 11.1 Å². The van der Waals surface area contributed by atoms with Crippen molar-refractivity contribution in [1.29, 1.82) is 0 Å². The lowest BCUT2D eigenvalue weighted by Gasteiger charge is -2.04. The van der Waals surface area contributed by atoms with Crippen LogP contribution >= 0.6 is 11.3 Å². The van der Waals surface area contributed by atoms with Crippen LogP contribution in [0.25, 0.3) is 11.5 Å². The molecule has 0 unspecified atom stereocenters. The second-order valence-corrected chi connectivity index (χ2v) is 3.83. The molecule has 2 heterocycles. The highest BCUT2D eigenvalue weighted by Crippen LogP contribution is 2.40. The largest absolute Gasteiger partial charge is 0.427 e. The van der Waals surface area contributed by atoms with E-state index in [4.69, 9.17) is 5.73 Å². The van der Waals surface area contributed by atoms with Gasteiger partial charge in [-0.3, -0.25) is 0 Å². The lowest BCUT2D eigenvalue weighted by atomic mass is 10.3. The van der Waals surface area contributed by atoms with Crippen molar-refractivity contribution in [3.8, 4) is 11.5 Å². The van der Waals surface area contributed by atoms with Crippen molar-refractivity contribution in [1.82, 2.24) is 15.0 Å². The molecule has 0 spiro atoms. The zero-order chi connectivity index (χ0) is 11.8. The summed E-state index contributed by atoms with van der Waals surface area (Å²) in [5.41, 5.74) is 4.94. The number of rotatable bonds is 1. The molecular weight excluding hydrogens is 241 g/mol. The molecule has 2 rings (SSSR count). The number of halogens is 3. The quantitative estimate of drug-likeness (QED) is 0.837. The molecule has 0 aliphatic rings. The van der Waals surface area contributed by atoms with Crippen LogP contribution < -0.4 is 5.73 Å². The molecule has 16 heavy (non-hydrogen) atoms. The van der Waals surface area contributed by atoms with Gasteiger partial charge in [0.2, 0.25) is 0 Å². The van der Waals surface area contributed by atoms with Gasteiger partial charge < -0.3 is 5.73 Å². The van der Waals surface area contributed by atoms with Gasteiger partial charge in [0.15, 0.2) is 11.0 Å². The number of hydrogen-bond acceptors (Lipinski definition) is 5. The van der Waals surface area contributed by atoms with E-state index >= 15 is 0 Å². The van der Waals surface area contributed by atoms with E-state index in [-0.39, 0.29) is 16.6 Å². The summed E-state index contributed by atoms with van der Waals surface area (Å²) in [6.07, 6.45) is -1.81. The third kappa shape index (κ3) is 1.96. The van der Waals surface area contributed by atoms with Crippen molar-refractivity contribution >= 4 is 16.5 Å². The highest BCUT2D eigenvalue weighted by Gasteiger charge is 2.38. The first-order valence-electron chi connectivity index (χ1n) is 4.09. The van der Waals surface area contributed by atoms with Gasteiger partial charge in [-0.1, -0.05) is 11.3 Å². The van der Waals surface area contributed by atoms with Crippen LogP contribution in [0, 0.1) is 0 Å². The van der Waals surface area contributed by atoms with E-state index in [0.29, 0.717) is 11.3 Å². The number of alkyl halides is 3. The van der Waals surface area contributed by atoms with E-state index in [1.807, 2.05) is 0 Å². The molecule has 2 aromatic heterocycles. The van der Waals surface area contributed by atoms with Gasteiger partial charge in [0, 0.05) is 12.4 Å². The molecule has 0 atom stereocenters. The van der Waals surface area contributed by atoms with E-state index in [1.54, 1.807) is 0 Å². The Morgan fingerprint density at radius 2 is 1.81 bits per heavy atom. The normalized spacial score (nSPS) is 11.7. The number of nitrogen functional groups attached to an aromatic ring is 1. The molecule has 0 saturated carbocycles. The third-order valence-corrected chi connectivity index (χ3v) is 2.61. The van der Waals surface area contributed by atoms with Gasteiger partial charge in [0.05, 0.1) is 0 Å². The van der Waals surface area contributed by atoms with Gasteiger partial charge in [0.1, 0.15) is 10.6 Å². The van der Waals surface area contributed by atoms with Crippen LogP contribution in [0.4, 0.5) is 18.3 Å². The van der Waals surface area contributed by atoms with Crippen LogP contribution in [-0.4, -0.2) is 15.0 Å². The summed E-state index contributed by atoms with van der Waals surface area (Å²) < 4.78 is 37.8. The van der Waals surface area contributed by atoms with E-state index in [2.05, 4.69) is 15.0 Å². The highest BCUT2D eigenvalue weighted by atomic mass is 32.1. The summed E-state index contributed by atoms with van der Waals surface area (Å²) in [4.78, 5) is 10.1. The molecule has 0 radical (unpaired) electrons. The van der Waals surface area contributed by atoms with Gasteiger partial charge >= 0.3 is 6.18 Å². The van der Waals surface area contributed by atoms with Crippen LogP contribution in [0.1, 0.15) is 4.88 Å². The molecule has 0 aromatic carbocycles. The SMILES string of the molecule is Nc1nc(-c2ncccn2)c(C(F)(F)F)s1. The van der Waals surface area contributed by atoms with Crippen LogP contribution in [0.5, 0.6) is 0 Å². The molecule has 0 saturated heterocycles. The Kier molecular flexibility index (Phi) is 2.50. The van der Waals surface area contributed by atoms with Crippen molar-refractivity contribution < 1.29 is 13.2 Å². The van der Waals surface area contributed by atoms with Crippen LogP contribution in [0.2, 0.25) is 0 Å². The van der Waals surface area contributed by atoms with Crippen LogP contribution in [0.15, 0.2) is 18.5 Å². The summed E-state index contributed by atoms with van der Waals surface area (Å²) in [7, 11) is 0. The standard InChI is InChI=1S/C8H5F3N4S/c9-8(10,11)5-4(15-7(12)16-5)6-13-2-1-3-14-6/h1-3H,(H2,12,15). The summed E-state index contributed by atoms with van der Waals surface area (Å²) in [6.45, 7) is 0. The first kappa shape index (κ1) is 10.8. The third-order valence-electron chi connectivity index (χ3n) is 1.68. The molecule has 0 amide bonds. The molecular formula is C8H5F3N4S. The van der Waals surface area contributed by atoms with Gasteiger partial charge in [0.25, 0.3) is 0 Å². The molecule has 2 aromatic rings. The second kappa shape index (κ2) is 3.71. The van der Waals surface area contributed by atoms with Crippen molar-refractivity contribution in [3.63, 3.8) is 0 Å². The fraction of sp³-hybridized carbons (Fsp3) is 0.125. The topological polar surface area (TPSA) is 64.7 Å². The minimum Gasteiger partial charge on any atom is -0.375 e. The summed E-state index contributed by atoms with van der Waals surface area (Å²) in [5.74, 6) is -0.0808. The van der Waals surface area contributed by atoms with Gasteiger partial charge in [-0.2, -0.15) is 13.2 Å². The number of aromatic nitrogens is 3.